The number of carbonyl (C=O) groups excluding carboxylic acids is 1. The van der Waals surface area contributed by atoms with Gasteiger partial charge in [0, 0.05) is 37.1 Å². The maximum Gasteiger partial charge on any atom is 0.191 e. The second kappa shape index (κ2) is 8.35. The fourth-order valence-electron chi connectivity index (χ4n) is 2.32. The predicted octanol–water partition coefficient (Wildman–Crippen LogP) is 3.42. The van der Waals surface area contributed by atoms with E-state index >= 15 is 0 Å². The van der Waals surface area contributed by atoms with Gasteiger partial charge in [0.05, 0.1) is 5.75 Å². The molecule has 0 saturated carbocycles. The van der Waals surface area contributed by atoms with Gasteiger partial charge in [-0.05, 0) is 46.6 Å². The molecule has 0 amide bonds. The lowest BCUT2D eigenvalue weighted by molar-refractivity contribution is -0.116. The van der Waals surface area contributed by atoms with Gasteiger partial charge < -0.3 is 4.57 Å². The van der Waals surface area contributed by atoms with Crippen molar-refractivity contribution >= 4 is 33.5 Å². The minimum atomic E-state index is 0.128. The van der Waals surface area contributed by atoms with Crippen LogP contribution in [0.15, 0.2) is 52.6 Å². The van der Waals surface area contributed by atoms with Crippen LogP contribution in [0, 0.1) is 0 Å². The van der Waals surface area contributed by atoms with E-state index in [4.69, 9.17) is 0 Å². The molecule has 0 unspecified atom stereocenters. The van der Waals surface area contributed by atoms with Crippen LogP contribution in [0.1, 0.15) is 12.5 Å². The van der Waals surface area contributed by atoms with Gasteiger partial charge >= 0.3 is 0 Å². The molecule has 128 valence electrons. The molecule has 0 bridgehead atoms. The van der Waals surface area contributed by atoms with Crippen molar-refractivity contribution in [3.63, 3.8) is 0 Å². The van der Waals surface area contributed by atoms with Gasteiger partial charge in [0.2, 0.25) is 0 Å². The second-order valence-corrected chi connectivity index (χ2v) is 7.04. The van der Waals surface area contributed by atoms with Crippen LogP contribution in [0.2, 0.25) is 0 Å². The van der Waals surface area contributed by atoms with E-state index in [9.17, 15) is 4.79 Å². The first kappa shape index (κ1) is 17.8. The molecule has 0 spiro atoms. The largest absolute Gasteiger partial charge is 0.302 e. The summed E-state index contributed by atoms with van der Waals surface area (Å²) in [6.07, 6.45) is 5.56. The maximum absolute atomic E-state index is 12.2. The molecule has 3 rings (SSSR count). The maximum atomic E-state index is 12.2. The smallest absolute Gasteiger partial charge is 0.191 e. The summed E-state index contributed by atoms with van der Waals surface area (Å²) in [5, 5.41) is 9.23. The van der Waals surface area contributed by atoms with E-state index < -0.39 is 0 Å². The minimum absolute atomic E-state index is 0.128. The molecular weight excluding hydrogens is 402 g/mol. The highest BCUT2D eigenvalue weighted by atomic mass is 79.9. The van der Waals surface area contributed by atoms with Crippen LogP contribution in [-0.2, 0) is 17.8 Å². The number of ketones is 1. The summed E-state index contributed by atoms with van der Waals surface area (Å²) < 4.78 is 2.76. The van der Waals surface area contributed by atoms with Crippen LogP contribution >= 0.6 is 27.7 Å². The zero-order valence-corrected chi connectivity index (χ0v) is 16.0. The number of hydrogen-bond acceptors (Lipinski definition) is 6. The Morgan fingerprint density at radius 2 is 2.12 bits per heavy atom. The van der Waals surface area contributed by atoms with Crippen molar-refractivity contribution in [3.8, 4) is 11.4 Å². The molecule has 0 saturated heterocycles. The standard InChI is InChI=1S/C17H16BrN5OS/c1-2-23-16(13-4-3-7-19-10-13)21-22-17(23)25-11-14(24)8-12-5-6-15(18)20-9-12/h3-7,9-10H,2,8,11H2,1H3. The third-order valence-corrected chi connectivity index (χ3v) is 5.00. The van der Waals surface area contributed by atoms with Crippen LogP contribution in [0.5, 0.6) is 0 Å². The molecule has 0 N–H and O–H groups in total. The monoisotopic (exact) mass is 417 g/mol. The SMILES string of the molecule is CCn1c(SCC(=O)Cc2ccc(Br)nc2)nnc1-c1cccnc1. The van der Waals surface area contributed by atoms with Crippen molar-refractivity contribution in [3.05, 3.63) is 53.0 Å². The lowest BCUT2D eigenvalue weighted by atomic mass is 10.2. The Morgan fingerprint density at radius 3 is 2.80 bits per heavy atom. The Labute approximate surface area is 158 Å². The van der Waals surface area contributed by atoms with Gasteiger partial charge in [-0.15, -0.1) is 10.2 Å². The Morgan fingerprint density at radius 1 is 1.24 bits per heavy atom. The quantitative estimate of drug-likeness (QED) is 0.433. The van der Waals surface area contributed by atoms with Crippen molar-refractivity contribution in [2.75, 3.05) is 5.75 Å². The Bertz CT molecular complexity index is 851. The van der Waals surface area contributed by atoms with Gasteiger partial charge in [-0.1, -0.05) is 17.8 Å². The summed E-state index contributed by atoms with van der Waals surface area (Å²) in [5.74, 6) is 1.24. The van der Waals surface area contributed by atoms with E-state index in [2.05, 4.69) is 36.1 Å². The van der Waals surface area contributed by atoms with Crippen molar-refractivity contribution in [2.45, 2.75) is 25.0 Å². The normalized spacial score (nSPS) is 10.8. The third kappa shape index (κ3) is 4.52. The first-order valence-electron chi connectivity index (χ1n) is 7.76. The highest BCUT2D eigenvalue weighted by Gasteiger charge is 2.15. The first-order chi connectivity index (χ1) is 12.2. The first-order valence-corrected chi connectivity index (χ1v) is 9.53. The molecule has 3 aromatic heterocycles. The van der Waals surface area contributed by atoms with E-state index in [1.54, 1.807) is 18.6 Å². The Kier molecular flexibility index (Phi) is 5.93. The molecule has 0 aliphatic carbocycles. The lowest BCUT2D eigenvalue weighted by Gasteiger charge is -2.07. The molecule has 0 aliphatic heterocycles. The van der Waals surface area contributed by atoms with Gasteiger partial charge in [-0.2, -0.15) is 0 Å². The second-order valence-electron chi connectivity index (χ2n) is 5.29. The van der Waals surface area contributed by atoms with Gasteiger partial charge in [0.25, 0.3) is 0 Å². The molecule has 0 aromatic carbocycles. The molecule has 8 heteroatoms. The number of nitrogens with zero attached hydrogens (tertiary/aromatic N) is 5. The highest BCUT2D eigenvalue weighted by molar-refractivity contribution is 9.10. The number of aromatic nitrogens is 5. The van der Waals surface area contributed by atoms with Gasteiger partial charge in [-0.25, -0.2) is 4.98 Å². The molecule has 6 nitrogen and oxygen atoms in total. The van der Waals surface area contributed by atoms with E-state index in [1.807, 2.05) is 35.8 Å². The van der Waals surface area contributed by atoms with Crippen LogP contribution in [0.4, 0.5) is 0 Å². The Hall–Kier alpha value is -2.06. The van der Waals surface area contributed by atoms with E-state index in [0.717, 1.165) is 33.3 Å². The summed E-state index contributed by atoms with van der Waals surface area (Å²) in [6, 6.07) is 7.55. The van der Waals surface area contributed by atoms with Crippen molar-refractivity contribution in [1.82, 2.24) is 24.7 Å². The number of Topliss-reactive ketones (excluding diaryl/α,β-unsaturated/α-hetero) is 1. The topological polar surface area (TPSA) is 73.6 Å². The van der Waals surface area contributed by atoms with E-state index in [0.29, 0.717) is 12.2 Å². The summed E-state index contributed by atoms with van der Waals surface area (Å²) in [7, 11) is 0. The Balaban J connectivity index is 1.66. The van der Waals surface area contributed by atoms with Gasteiger partial charge in [0.1, 0.15) is 10.4 Å². The lowest BCUT2D eigenvalue weighted by Crippen LogP contribution is -2.07. The minimum Gasteiger partial charge on any atom is -0.302 e. The average Bonchev–Trinajstić information content (AvgIpc) is 3.05. The molecule has 0 radical (unpaired) electrons. The number of halogens is 1. The fourth-order valence-corrected chi connectivity index (χ4v) is 3.42. The predicted molar refractivity (Wildman–Crippen MR) is 100 cm³/mol. The zero-order valence-electron chi connectivity index (χ0n) is 13.6. The number of carbonyl (C=O) groups is 1. The molecule has 0 aliphatic rings. The molecule has 25 heavy (non-hydrogen) atoms. The highest BCUT2D eigenvalue weighted by Crippen LogP contribution is 2.23. The molecule has 0 atom stereocenters. The number of rotatable bonds is 7. The van der Waals surface area contributed by atoms with Crippen molar-refractivity contribution < 1.29 is 4.79 Å². The van der Waals surface area contributed by atoms with E-state index in [1.165, 1.54) is 11.8 Å². The fraction of sp³-hybridized carbons (Fsp3) is 0.235. The van der Waals surface area contributed by atoms with Crippen LogP contribution in [0.3, 0.4) is 0 Å². The van der Waals surface area contributed by atoms with Crippen LogP contribution in [-0.4, -0.2) is 36.3 Å². The van der Waals surface area contributed by atoms with Gasteiger partial charge in [-0.3, -0.25) is 9.78 Å². The van der Waals surface area contributed by atoms with Gasteiger partial charge in [0.15, 0.2) is 11.0 Å². The molecule has 3 aromatic rings. The number of thioether (sulfide) groups is 1. The number of hydrogen-bond donors (Lipinski definition) is 0. The van der Waals surface area contributed by atoms with Crippen LogP contribution in [0.25, 0.3) is 11.4 Å². The molecule has 0 fully saturated rings. The van der Waals surface area contributed by atoms with E-state index in [-0.39, 0.29) is 5.78 Å². The summed E-state index contributed by atoms with van der Waals surface area (Å²) >= 11 is 4.70. The molecule has 3 heterocycles. The van der Waals surface area contributed by atoms with Crippen molar-refractivity contribution in [2.24, 2.45) is 0 Å². The summed E-state index contributed by atoms with van der Waals surface area (Å²) in [5.41, 5.74) is 1.82. The summed E-state index contributed by atoms with van der Waals surface area (Å²) in [4.78, 5) is 20.5. The molecular formula is C17H16BrN5OS. The number of pyridine rings is 2. The third-order valence-electron chi connectivity index (χ3n) is 3.50. The summed E-state index contributed by atoms with van der Waals surface area (Å²) in [6.45, 7) is 2.76. The zero-order chi connectivity index (χ0) is 17.6. The van der Waals surface area contributed by atoms with Crippen molar-refractivity contribution in [1.29, 1.82) is 0 Å². The van der Waals surface area contributed by atoms with Crippen LogP contribution < -0.4 is 0 Å². The average molecular weight is 418 g/mol.